The fraction of sp³-hybridized carbons (Fsp3) is 0.450. The molecule has 0 aliphatic carbocycles. The fourth-order valence-electron chi connectivity index (χ4n) is 2.47. The number of carbonyl (C=O) groups is 5. The van der Waals surface area contributed by atoms with Gasteiger partial charge in [-0.25, -0.2) is 0 Å². The van der Waals surface area contributed by atoms with Gasteiger partial charge in [-0.3, -0.25) is 19.2 Å². The van der Waals surface area contributed by atoms with Gasteiger partial charge >= 0.3 is 5.97 Å². The minimum absolute atomic E-state index is 0.318. The monoisotopic (exact) mass is 405 g/mol. The van der Waals surface area contributed by atoms with Gasteiger partial charge in [0.05, 0.1) is 12.5 Å². The number of rotatable bonds is 9. The molecule has 0 saturated carbocycles. The molecular weight excluding hydrogens is 378 g/mol. The molecule has 9 nitrogen and oxygen atoms in total. The molecular formula is C20H27N3O6. The second kappa shape index (κ2) is 10.4. The Morgan fingerprint density at radius 1 is 1.00 bits per heavy atom. The third-order valence-corrected chi connectivity index (χ3v) is 4.08. The summed E-state index contributed by atoms with van der Waals surface area (Å²) < 4.78 is 0. The summed E-state index contributed by atoms with van der Waals surface area (Å²) >= 11 is 0. The van der Waals surface area contributed by atoms with Crippen LogP contribution in [0.3, 0.4) is 0 Å². The highest BCUT2D eigenvalue weighted by atomic mass is 16.4. The SMILES string of the molecule is C[C@H](NC(=O)C(NC(=O)c1ccccc1)C(C)(C)C)C(=O)NC(C=O)CC(=O)O. The highest BCUT2D eigenvalue weighted by molar-refractivity contribution is 5.98. The van der Waals surface area contributed by atoms with Crippen molar-refractivity contribution in [3.05, 3.63) is 35.9 Å². The lowest BCUT2D eigenvalue weighted by atomic mass is 9.85. The van der Waals surface area contributed by atoms with Gasteiger partial charge in [0.15, 0.2) is 0 Å². The molecule has 0 aliphatic rings. The van der Waals surface area contributed by atoms with E-state index in [1.165, 1.54) is 6.92 Å². The Kier molecular flexibility index (Phi) is 8.50. The van der Waals surface area contributed by atoms with E-state index in [9.17, 15) is 24.0 Å². The molecule has 4 N–H and O–H groups in total. The number of nitrogens with one attached hydrogen (secondary N) is 3. The topological polar surface area (TPSA) is 142 Å². The molecule has 3 atom stereocenters. The third kappa shape index (κ3) is 7.73. The van der Waals surface area contributed by atoms with Crippen LogP contribution in [0.5, 0.6) is 0 Å². The second-order valence-corrected chi connectivity index (χ2v) is 7.72. The fourth-order valence-corrected chi connectivity index (χ4v) is 2.47. The summed E-state index contributed by atoms with van der Waals surface area (Å²) in [5.74, 6) is -2.96. The number of aldehydes is 1. The smallest absolute Gasteiger partial charge is 0.305 e. The van der Waals surface area contributed by atoms with Gasteiger partial charge in [-0.1, -0.05) is 39.0 Å². The van der Waals surface area contributed by atoms with Gasteiger partial charge in [-0.2, -0.15) is 0 Å². The Balaban J connectivity index is 2.82. The maximum absolute atomic E-state index is 12.7. The van der Waals surface area contributed by atoms with Gasteiger partial charge in [0.1, 0.15) is 18.4 Å². The first-order chi connectivity index (χ1) is 13.5. The van der Waals surface area contributed by atoms with Gasteiger partial charge in [-0.15, -0.1) is 0 Å². The molecule has 0 fully saturated rings. The van der Waals surface area contributed by atoms with Crippen LogP contribution < -0.4 is 16.0 Å². The van der Waals surface area contributed by atoms with E-state index < -0.39 is 53.7 Å². The molecule has 0 bridgehead atoms. The van der Waals surface area contributed by atoms with Gasteiger partial charge in [0, 0.05) is 5.56 Å². The Hall–Kier alpha value is -3.23. The Labute approximate surface area is 169 Å². The standard InChI is InChI=1S/C20H27N3O6/c1-12(17(27)22-14(11-24)10-15(25)26)21-19(29)16(20(2,3)4)23-18(28)13-8-6-5-7-9-13/h5-9,11-12,14,16H,10H2,1-4H3,(H,21,29)(H,22,27)(H,23,28)(H,25,26)/t12-,14?,16?/m0/s1. The summed E-state index contributed by atoms with van der Waals surface area (Å²) in [6, 6.07) is 5.22. The molecule has 0 saturated heterocycles. The predicted octanol–water partition coefficient (Wildman–Crippen LogP) is 0.494. The highest BCUT2D eigenvalue weighted by Gasteiger charge is 2.34. The molecule has 29 heavy (non-hydrogen) atoms. The van der Waals surface area contributed by atoms with Gasteiger partial charge < -0.3 is 25.9 Å². The molecule has 9 heteroatoms. The summed E-state index contributed by atoms with van der Waals surface area (Å²) in [5, 5.41) is 16.2. The van der Waals surface area contributed by atoms with Crippen molar-refractivity contribution >= 4 is 30.0 Å². The Bertz CT molecular complexity index is 757. The lowest BCUT2D eigenvalue weighted by molar-refractivity contribution is -0.139. The lowest BCUT2D eigenvalue weighted by Crippen LogP contribution is -2.57. The molecule has 0 spiro atoms. The van der Waals surface area contributed by atoms with Crippen LogP contribution >= 0.6 is 0 Å². The molecule has 0 aliphatic heterocycles. The summed E-state index contributed by atoms with van der Waals surface area (Å²) in [7, 11) is 0. The van der Waals surface area contributed by atoms with E-state index in [1.807, 2.05) is 0 Å². The van der Waals surface area contributed by atoms with Crippen LogP contribution in [-0.2, 0) is 19.2 Å². The summed E-state index contributed by atoms with van der Waals surface area (Å²) in [5.41, 5.74) is -0.262. The first-order valence-electron chi connectivity index (χ1n) is 9.09. The van der Waals surface area contributed by atoms with Crippen LogP contribution in [0.25, 0.3) is 0 Å². The number of aliphatic carboxylic acids is 1. The number of carboxylic acid groups (broad SMARTS) is 1. The van der Waals surface area contributed by atoms with Crippen molar-refractivity contribution in [3.8, 4) is 0 Å². The van der Waals surface area contributed by atoms with Crippen LogP contribution in [0.15, 0.2) is 30.3 Å². The molecule has 158 valence electrons. The predicted molar refractivity (Wildman–Crippen MR) is 105 cm³/mol. The first-order valence-corrected chi connectivity index (χ1v) is 9.09. The zero-order chi connectivity index (χ0) is 22.2. The maximum Gasteiger partial charge on any atom is 0.305 e. The van der Waals surface area contributed by atoms with E-state index in [2.05, 4.69) is 16.0 Å². The van der Waals surface area contributed by atoms with Gasteiger partial charge in [0.25, 0.3) is 5.91 Å². The van der Waals surface area contributed by atoms with Crippen LogP contribution in [0.2, 0.25) is 0 Å². The van der Waals surface area contributed by atoms with E-state index in [1.54, 1.807) is 51.1 Å². The zero-order valence-electron chi connectivity index (χ0n) is 16.9. The number of hydrogen-bond donors (Lipinski definition) is 4. The molecule has 1 aromatic carbocycles. The summed E-state index contributed by atoms with van der Waals surface area (Å²) in [6.45, 7) is 6.70. The highest BCUT2D eigenvalue weighted by Crippen LogP contribution is 2.20. The van der Waals surface area contributed by atoms with Gasteiger partial charge in [0.2, 0.25) is 11.8 Å². The number of hydrogen-bond acceptors (Lipinski definition) is 5. The van der Waals surface area contributed by atoms with Crippen LogP contribution in [0.1, 0.15) is 44.5 Å². The molecule has 0 radical (unpaired) electrons. The van der Waals surface area contributed by atoms with E-state index >= 15 is 0 Å². The van der Waals surface area contributed by atoms with Crippen molar-refractivity contribution in [1.29, 1.82) is 0 Å². The molecule has 3 amide bonds. The van der Waals surface area contributed by atoms with Crippen molar-refractivity contribution in [1.82, 2.24) is 16.0 Å². The second-order valence-electron chi connectivity index (χ2n) is 7.72. The Morgan fingerprint density at radius 3 is 2.07 bits per heavy atom. The minimum Gasteiger partial charge on any atom is -0.481 e. The number of amides is 3. The van der Waals surface area contributed by atoms with Crippen LogP contribution in [-0.4, -0.2) is 53.2 Å². The average molecular weight is 405 g/mol. The molecule has 1 rings (SSSR count). The molecule has 0 heterocycles. The molecule has 2 unspecified atom stereocenters. The van der Waals surface area contributed by atoms with Crippen LogP contribution in [0, 0.1) is 5.41 Å². The molecule has 0 aromatic heterocycles. The number of benzene rings is 1. The minimum atomic E-state index is -1.24. The zero-order valence-corrected chi connectivity index (χ0v) is 16.9. The van der Waals surface area contributed by atoms with E-state index in [4.69, 9.17) is 5.11 Å². The number of carbonyl (C=O) groups excluding carboxylic acids is 4. The van der Waals surface area contributed by atoms with Crippen molar-refractivity contribution in [2.75, 3.05) is 0 Å². The maximum atomic E-state index is 12.7. The van der Waals surface area contributed by atoms with Crippen molar-refractivity contribution in [2.45, 2.75) is 52.2 Å². The Morgan fingerprint density at radius 2 is 1.59 bits per heavy atom. The lowest BCUT2D eigenvalue weighted by Gasteiger charge is -2.31. The van der Waals surface area contributed by atoms with E-state index in [-0.39, 0.29) is 0 Å². The molecule has 1 aromatic rings. The van der Waals surface area contributed by atoms with E-state index in [0.29, 0.717) is 11.8 Å². The normalized spacial score (nSPS) is 14.1. The summed E-state index contributed by atoms with van der Waals surface area (Å²) in [4.78, 5) is 59.0. The van der Waals surface area contributed by atoms with Crippen molar-refractivity contribution in [2.24, 2.45) is 5.41 Å². The quantitative estimate of drug-likeness (QED) is 0.441. The largest absolute Gasteiger partial charge is 0.481 e. The van der Waals surface area contributed by atoms with Crippen molar-refractivity contribution in [3.63, 3.8) is 0 Å². The third-order valence-electron chi connectivity index (χ3n) is 4.08. The van der Waals surface area contributed by atoms with Gasteiger partial charge in [-0.05, 0) is 24.5 Å². The van der Waals surface area contributed by atoms with E-state index in [0.717, 1.165) is 0 Å². The first kappa shape index (κ1) is 23.8. The van der Waals surface area contributed by atoms with Crippen LogP contribution in [0.4, 0.5) is 0 Å². The number of carboxylic acids is 1. The average Bonchev–Trinajstić information content (AvgIpc) is 2.64. The van der Waals surface area contributed by atoms with Crippen molar-refractivity contribution < 1.29 is 29.1 Å². The summed E-state index contributed by atoms with van der Waals surface area (Å²) in [6.07, 6.45) is -0.244.